The maximum atomic E-state index is 13.4. The van der Waals surface area contributed by atoms with E-state index in [1.165, 1.54) is 26.0 Å². The fourth-order valence-electron chi connectivity index (χ4n) is 2.78. The number of alkyl halides is 1. The zero-order valence-electron chi connectivity index (χ0n) is 18.0. The lowest BCUT2D eigenvalue weighted by Gasteiger charge is -2.12. The van der Waals surface area contributed by atoms with Crippen molar-refractivity contribution in [3.05, 3.63) is 59.5 Å². The molecule has 1 heterocycles. The van der Waals surface area contributed by atoms with Crippen molar-refractivity contribution < 1.29 is 23.2 Å². The molecule has 0 atom stereocenters. The molecular weight excluding hydrogens is 435 g/mol. The van der Waals surface area contributed by atoms with E-state index < -0.39 is 12.8 Å². The van der Waals surface area contributed by atoms with Gasteiger partial charge in [-0.05, 0) is 54.3 Å². The van der Waals surface area contributed by atoms with Gasteiger partial charge in [0.2, 0.25) is 11.7 Å². The van der Waals surface area contributed by atoms with Crippen LogP contribution in [0.3, 0.4) is 0 Å². The van der Waals surface area contributed by atoms with Crippen LogP contribution in [0.5, 0.6) is 5.75 Å². The second-order valence-corrected chi connectivity index (χ2v) is 7.23. The van der Waals surface area contributed by atoms with E-state index in [-0.39, 0.29) is 0 Å². The quantitative estimate of drug-likeness (QED) is 0.373. The molecule has 1 amide bonds. The van der Waals surface area contributed by atoms with Crippen molar-refractivity contribution in [2.24, 2.45) is 9.98 Å². The number of hydrogen-bond acceptors (Lipinski definition) is 8. The van der Waals surface area contributed by atoms with Crippen LogP contribution in [0.2, 0.25) is 0 Å². The summed E-state index contributed by atoms with van der Waals surface area (Å²) in [7, 11) is 2.74. The maximum absolute atomic E-state index is 13.4. The third-order valence-electron chi connectivity index (χ3n) is 4.29. The van der Waals surface area contributed by atoms with Crippen LogP contribution in [-0.2, 0) is 11.4 Å². The predicted molar refractivity (Wildman–Crippen MR) is 122 cm³/mol. The van der Waals surface area contributed by atoms with E-state index in [2.05, 4.69) is 19.9 Å². The summed E-state index contributed by atoms with van der Waals surface area (Å²) in [4.78, 5) is 24.7. The van der Waals surface area contributed by atoms with Gasteiger partial charge >= 0.3 is 6.09 Å². The first-order valence-corrected chi connectivity index (χ1v) is 10.6. The standard InChI is InChI=1S/C22H21FN4O4S/c1-13-24-20(27-31-13)15-5-7-17(8-6-15)25-19(21(32-4)26-22(28)30-3)16-9-14(12-23)10-18(11-16)29-2/h5-11H,12H2,1-4H3/b25-19-,26-21-. The van der Waals surface area contributed by atoms with E-state index >= 15 is 0 Å². The first-order valence-electron chi connectivity index (χ1n) is 9.42. The molecule has 0 unspecified atom stereocenters. The fraction of sp³-hybridized carbons (Fsp3) is 0.227. The lowest BCUT2D eigenvalue weighted by Crippen LogP contribution is -2.15. The van der Waals surface area contributed by atoms with Crippen molar-refractivity contribution in [3.63, 3.8) is 0 Å². The largest absolute Gasteiger partial charge is 0.497 e. The number of methoxy groups -OCH3 is 2. The molecule has 0 N–H and O–H groups in total. The van der Waals surface area contributed by atoms with Crippen LogP contribution in [0.25, 0.3) is 11.4 Å². The number of nitrogens with zero attached hydrogens (tertiary/aromatic N) is 4. The van der Waals surface area contributed by atoms with Crippen LogP contribution in [0.15, 0.2) is 57.0 Å². The maximum Gasteiger partial charge on any atom is 0.434 e. The average Bonchev–Trinajstić information content (AvgIpc) is 3.27. The van der Waals surface area contributed by atoms with Gasteiger partial charge in [-0.2, -0.15) is 9.98 Å². The zero-order chi connectivity index (χ0) is 23.1. The molecule has 0 radical (unpaired) electrons. The van der Waals surface area contributed by atoms with Crippen molar-refractivity contribution in [3.8, 4) is 17.1 Å². The summed E-state index contributed by atoms with van der Waals surface area (Å²) in [6, 6.07) is 12.1. The van der Waals surface area contributed by atoms with Gasteiger partial charge in [0.25, 0.3) is 0 Å². The number of amides is 1. The van der Waals surface area contributed by atoms with Crippen LogP contribution < -0.4 is 4.74 Å². The van der Waals surface area contributed by atoms with Crippen molar-refractivity contribution >= 4 is 34.3 Å². The Morgan fingerprint density at radius 1 is 1.19 bits per heavy atom. The Morgan fingerprint density at radius 3 is 2.50 bits per heavy atom. The minimum atomic E-state index is -0.765. The van der Waals surface area contributed by atoms with Crippen LogP contribution >= 0.6 is 11.8 Å². The Hall–Kier alpha value is -3.53. The van der Waals surface area contributed by atoms with Gasteiger partial charge in [0.1, 0.15) is 23.2 Å². The normalized spacial score (nSPS) is 12.0. The Labute approximate surface area is 188 Å². The first-order chi connectivity index (χ1) is 15.5. The summed E-state index contributed by atoms with van der Waals surface area (Å²) in [5.74, 6) is 1.40. The van der Waals surface area contributed by atoms with Gasteiger partial charge < -0.3 is 14.0 Å². The molecule has 0 aliphatic carbocycles. The fourth-order valence-corrected chi connectivity index (χ4v) is 3.31. The number of carbonyl (C=O) groups excluding carboxylic acids is 1. The van der Waals surface area contributed by atoms with Crippen molar-refractivity contribution in [1.29, 1.82) is 0 Å². The Bertz CT molecular complexity index is 1140. The van der Waals surface area contributed by atoms with E-state index in [4.69, 9.17) is 14.3 Å². The molecule has 0 bridgehead atoms. The highest BCUT2D eigenvalue weighted by Gasteiger charge is 2.16. The highest BCUT2D eigenvalue weighted by molar-refractivity contribution is 8.15. The summed E-state index contributed by atoms with van der Waals surface area (Å²) in [5.41, 5.74) is 2.68. The molecule has 166 valence electrons. The number of aliphatic imine (C=N–C) groups is 2. The van der Waals surface area contributed by atoms with Gasteiger partial charge in [0.15, 0.2) is 0 Å². The van der Waals surface area contributed by atoms with E-state index in [1.54, 1.807) is 55.6 Å². The molecule has 3 aromatic rings. The SMILES string of the molecule is COC(=O)/N=C(SC)/C(=N\c1ccc(-c2noc(C)n2)cc1)c1cc(CF)cc(OC)c1. The predicted octanol–water partition coefficient (Wildman–Crippen LogP) is 5.17. The van der Waals surface area contributed by atoms with E-state index in [1.807, 2.05) is 0 Å². The van der Waals surface area contributed by atoms with Crippen LogP contribution in [-0.4, -0.2) is 47.5 Å². The number of ether oxygens (including phenoxy) is 2. The number of benzene rings is 2. The summed E-state index contributed by atoms with van der Waals surface area (Å²) >= 11 is 1.22. The number of carbonyl (C=O) groups is 1. The van der Waals surface area contributed by atoms with Gasteiger partial charge in [-0.3, -0.25) is 0 Å². The molecule has 0 saturated heterocycles. The third-order valence-corrected chi connectivity index (χ3v) is 4.96. The number of halogens is 1. The average molecular weight is 456 g/mol. The Kier molecular flexibility index (Phi) is 7.72. The topological polar surface area (TPSA) is 99.2 Å². The molecule has 8 nitrogen and oxygen atoms in total. The number of hydrogen-bond donors (Lipinski definition) is 0. The van der Waals surface area contributed by atoms with E-state index in [0.29, 0.717) is 45.0 Å². The van der Waals surface area contributed by atoms with Gasteiger partial charge in [-0.15, -0.1) is 11.8 Å². The lowest BCUT2D eigenvalue weighted by molar-refractivity contribution is 0.183. The van der Waals surface area contributed by atoms with Gasteiger partial charge in [0, 0.05) is 18.1 Å². The van der Waals surface area contributed by atoms with Crippen molar-refractivity contribution in [2.75, 3.05) is 20.5 Å². The van der Waals surface area contributed by atoms with Crippen LogP contribution in [0.1, 0.15) is 17.0 Å². The van der Waals surface area contributed by atoms with Crippen LogP contribution in [0.4, 0.5) is 14.9 Å². The number of thioether (sulfide) groups is 1. The summed E-state index contributed by atoms with van der Waals surface area (Å²) in [5, 5.41) is 4.21. The highest BCUT2D eigenvalue weighted by atomic mass is 32.2. The summed E-state index contributed by atoms with van der Waals surface area (Å²) in [6.07, 6.45) is 0.994. The molecule has 3 rings (SSSR count). The molecule has 2 aromatic carbocycles. The molecule has 0 aliphatic rings. The van der Waals surface area contributed by atoms with Gasteiger partial charge in [-0.1, -0.05) is 5.16 Å². The smallest absolute Gasteiger partial charge is 0.434 e. The molecule has 0 saturated carbocycles. The molecule has 0 aliphatic heterocycles. The van der Waals surface area contributed by atoms with Gasteiger partial charge in [0.05, 0.1) is 19.9 Å². The minimum Gasteiger partial charge on any atom is -0.497 e. The molecule has 0 spiro atoms. The lowest BCUT2D eigenvalue weighted by atomic mass is 10.1. The van der Waals surface area contributed by atoms with Gasteiger partial charge in [-0.25, -0.2) is 14.2 Å². The Balaban J connectivity index is 2.11. The third kappa shape index (κ3) is 5.58. The van der Waals surface area contributed by atoms with E-state index in [0.717, 1.165) is 5.56 Å². The monoisotopic (exact) mass is 456 g/mol. The van der Waals surface area contributed by atoms with Crippen LogP contribution in [0, 0.1) is 6.92 Å². The molecule has 10 heteroatoms. The number of aromatic nitrogens is 2. The zero-order valence-corrected chi connectivity index (χ0v) is 18.8. The summed E-state index contributed by atoms with van der Waals surface area (Å²) < 4.78 is 28.4. The highest BCUT2D eigenvalue weighted by Crippen LogP contribution is 2.25. The molecular formula is C22H21FN4O4S. The van der Waals surface area contributed by atoms with Crippen molar-refractivity contribution in [2.45, 2.75) is 13.6 Å². The second-order valence-electron chi connectivity index (χ2n) is 6.44. The molecule has 32 heavy (non-hydrogen) atoms. The summed E-state index contributed by atoms with van der Waals surface area (Å²) in [6.45, 7) is 1.03. The minimum absolute atomic E-state index is 0.313. The van der Waals surface area contributed by atoms with Crippen molar-refractivity contribution in [1.82, 2.24) is 10.1 Å². The molecule has 1 aromatic heterocycles. The number of rotatable bonds is 6. The Morgan fingerprint density at radius 2 is 1.94 bits per heavy atom. The first kappa shape index (κ1) is 23.1. The molecule has 0 fully saturated rings. The number of aryl methyl sites for hydroxylation is 1. The van der Waals surface area contributed by atoms with E-state index in [9.17, 15) is 9.18 Å². The second kappa shape index (κ2) is 10.7.